The molecule has 0 saturated carbocycles. The van der Waals surface area contributed by atoms with Gasteiger partial charge in [0, 0.05) is 38.9 Å². The summed E-state index contributed by atoms with van der Waals surface area (Å²) >= 11 is 2.91. The van der Waals surface area contributed by atoms with Crippen molar-refractivity contribution in [3.05, 3.63) is 46.9 Å². The van der Waals surface area contributed by atoms with Gasteiger partial charge in [0.2, 0.25) is 0 Å². The second-order valence-electron chi connectivity index (χ2n) is 9.00. The number of nitrogens with two attached hydrogens (primary N) is 1. The minimum atomic E-state index is -0.412. The maximum Gasteiger partial charge on any atom is 0.314 e. The van der Waals surface area contributed by atoms with E-state index in [1.54, 1.807) is 35.4 Å². The number of rotatable bonds is 6. The van der Waals surface area contributed by atoms with Crippen molar-refractivity contribution in [1.82, 2.24) is 19.3 Å². The molecule has 1 aromatic carbocycles. The highest BCUT2D eigenvalue weighted by molar-refractivity contribution is 7.21. The summed E-state index contributed by atoms with van der Waals surface area (Å²) in [5, 5.41) is 11.5. The number of hydrogen-bond acceptors (Lipinski definition) is 8. The van der Waals surface area contributed by atoms with Crippen LogP contribution in [0.5, 0.6) is 0 Å². The highest BCUT2D eigenvalue weighted by Gasteiger charge is 2.28. The minimum Gasteiger partial charge on any atom is -0.360 e. The van der Waals surface area contributed by atoms with Gasteiger partial charge in [-0.2, -0.15) is 5.26 Å². The number of urea groups is 1. The first-order chi connectivity index (χ1) is 17.8. The molecule has 0 bridgehead atoms. The van der Waals surface area contributed by atoms with E-state index < -0.39 is 6.03 Å². The van der Waals surface area contributed by atoms with Gasteiger partial charge in [-0.3, -0.25) is 4.40 Å². The number of carbonyl (C=O) groups is 1. The molecule has 4 heterocycles. The largest absolute Gasteiger partial charge is 0.360 e. The van der Waals surface area contributed by atoms with E-state index in [1.165, 1.54) is 23.5 Å². The number of imidazole rings is 1. The van der Waals surface area contributed by atoms with Gasteiger partial charge in [0.1, 0.15) is 33.3 Å². The molecule has 1 atom stereocenters. The number of carbonyl (C=O) groups excluding carboxylic acids is 1. The van der Waals surface area contributed by atoms with Crippen molar-refractivity contribution in [1.29, 1.82) is 5.26 Å². The van der Waals surface area contributed by atoms with E-state index in [0.29, 0.717) is 27.8 Å². The molecule has 2 N–H and O–H groups in total. The van der Waals surface area contributed by atoms with Crippen LogP contribution in [0.3, 0.4) is 0 Å². The number of nitriles is 1. The average molecular weight is 539 g/mol. The van der Waals surface area contributed by atoms with E-state index in [1.807, 2.05) is 11.9 Å². The van der Waals surface area contributed by atoms with Crippen LogP contribution >= 0.6 is 22.7 Å². The van der Waals surface area contributed by atoms with E-state index in [-0.39, 0.29) is 11.9 Å². The van der Waals surface area contributed by atoms with Crippen molar-refractivity contribution in [2.45, 2.75) is 32.2 Å². The predicted molar refractivity (Wildman–Crippen MR) is 145 cm³/mol. The van der Waals surface area contributed by atoms with Gasteiger partial charge < -0.3 is 20.4 Å². The number of amides is 2. The third-order valence-corrected chi connectivity index (χ3v) is 8.82. The number of aryl methyl sites for hydroxylation is 1. The zero-order valence-electron chi connectivity index (χ0n) is 20.8. The first-order valence-corrected chi connectivity index (χ1v) is 13.6. The van der Waals surface area contributed by atoms with E-state index >= 15 is 0 Å². The zero-order chi connectivity index (χ0) is 26.3. The maximum absolute atomic E-state index is 13.4. The van der Waals surface area contributed by atoms with Crippen LogP contribution < -0.4 is 15.5 Å². The molecule has 1 aliphatic heterocycles. The number of hydrogen-bond donors (Lipinski definition) is 1. The van der Waals surface area contributed by atoms with Gasteiger partial charge >= 0.3 is 6.03 Å². The summed E-state index contributed by atoms with van der Waals surface area (Å²) in [5.41, 5.74) is 7.68. The smallest absolute Gasteiger partial charge is 0.314 e. The normalized spacial score (nSPS) is 15.6. The lowest BCUT2D eigenvalue weighted by Gasteiger charge is -2.37. The molecule has 0 aliphatic carbocycles. The lowest BCUT2D eigenvalue weighted by atomic mass is 10.1. The molecule has 0 spiro atoms. The SMILES string of the molecule is CCc1nc2sc(N3CCCC(N(C)C(N)=O)C3)cn2c1N(C)c1nc(-c2ccc(F)cc2)c(C#N)s1. The minimum absolute atomic E-state index is 0.0682. The molecule has 2 amide bonds. The van der Waals surface area contributed by atoms with Gasteiger partial charge in [-0.15, -0.1) is 0 Å². The fourth-order valence-electron chi connectivity index (χ4n) is 4.68. The van der Waals surface area contributed by atoms with Crippen molar-refractivity contribution in [2.24, 2.45) is 5.73 Å². The monoisotopic (exact) mass is 538 g/mol. The summed E-state index contributed by atoms with van der Waals surface area (Å²) in [6, 6.07) is 7.90. The Hall–Kier alpha value is -3.69. The molecule has 1 saturated heterocycles. The number of thiazole rings is 2. The number of piperidine rings is 1. The van der Waals surface area contributed by atoms with Crippen LogP contribution in [0.25, 0.3) is 16.2 Å². The number of aromatic nitrogens is 3. The van der Waals surface area contributed by atoms with Crippen molar-refractivity contribution in [3.8, 4) is 17.3 Å². The van der Waals surface area contributed by atoms with Gasteiger partial charge in [-0.1, -0.05) is 29.6 Å². The molecule has 0 radical (unpaired) electrons. The molecule has 1 unspecified atom stereocenters. The van der Waals surface area contributed by atoms with E-state index in [2.05, 4.69) is 28.5 Å². The Morgan fingerprint density at radius 1 is 1.27 bits per heavy atom. The molecule has 9 nitrogen and oxygen atoms in total. The quantitative estimate of drug-likeness (QED) is 0.377. The second-order valence-corrected chi connectivity index (χ2v) is 11.0. The van der Waals surface area contributed by atoms with Gasteiger partial charge in [0.25, 0.3) is 0 Å². The third-order valence-electron chi connectivity index (χ3n) is 6.74. The molecule has 3 aromatic heterocycles. The van der Waals surface area contributed by atoms with Gasteiger partial charge in [0.05, 0.1) is 11.7 Å². The van der Waals surface area contributed by atoms with Crippen molar-refractivity contribution < 1.29 is 9.18 Å². The highest BCUT2D eigenvalue weighted by Crippen LogP contribution is 2.39. The van der Waals surface area contributed by atoms with E-state index in [0.717, 1.165) is 47.3 Å². The molecular weight excluding hydrogens is 511 g/mol. The molecule has 1 aliphatic rings. The Bertz CT molecular complexity index is 1480. The number of likely N-dealkylation sites (N-methyl/N-ethyl adjacent to an activating group) is 1. The number of anilines is 3. The number of benzene rings is 1. The molecule has 1 fully saturated rings. The number of fused-ring (bicyclic) bond motifs is 1. The summed E-state index contributed by atoms with van der Waals surface area (Å²) in [6.45, 7) is 3.68. The summed E-state index contributed by atoms with van der Waals surface area (Å²) in [4.78, 5) is 28.6. The molecule has 37 heavy (non-hydrogen) atoms. The Morgan fingerprint density at radius 2 is 2.03 bits per heavy atom. The third kappa shape index (κ3) is 4.60. The standard InChI is InChI=1S/C25H27FN8OS2/c1-4-18-22(32(3)24-30-21(19(12-27)36-24)15-7-9-16(26)10-8-15)34-14-20(37-25(34)29-18)33-11-5-6-17(13-33)31(2)23(28)35/h7-10,14,17H,4-6,11,13H2,1-3H3,(H2,28,35). The van der Waals surface area contributed by atoms with Crippen LogP contribution in [0.15, 0.2) is 30.5 Å². The summed E-state index contributed by atoms with van der Waals surface area (Å²) in [7, 11) is 3.68. The highest BCUT2D eigenvalue weighted by atomic mass is 32.1. The molecule has 4 aromatic rings. The van der Waals surface area contributed by atoms with Gasteiger partial charge in [-0.25, -0.2) is 19.2 Å². The van der Waals surface area contributed by atoms with Crippen molar-refractivity contribution in [2.75, 3.05) is 37.0 Å². The summed E-state index contributed by atoms with van der Waals surface area (Å²) < 4.78 is 15.5. The van der Waals surface area contributed by atoms with Crippen LogP contribution in [0, 0.1) is 17.1 Å². The van der Waals surface area contributed by atoms with E-state index in [4.69, 9.17) is 15.7 Å². The van der Waals surface area contributed by atoms with Crippen LogP contribution in [0.2, 0.25) is 0 Å². The molecule has 192 valence electrons. The molecular formula is C25H27FN8OS2. The Labute approximate surface area is 222 Å². The average Bonchev–Trinajstić information content (AvgIpc) is 3.61. The van der Waals surface area contributed by atoms with Crippen LogP contribution in [0.1, 0.15) is 30.3 Å². The fraction of sp³-hybridized carbons (Fsp3) is 0.360. The Kier molecular flexibility index (Phi) is 6.74. The van der Waals surface area contributed by atoms with E-state index in [9.17, 15) is 14.4 Å². The predicted octanol–water partition coefficient (Wildman–Crippen LogP) is 4.84. The van der Waals surface area contributed by atoms with Gasteiger partial charge in [0.15, 0.2) is 10.1 Å². The van der Waals surface area contributed by atoms with Crippen molar-refractivity contribution in [3.63, 3.8) is 0 Å². The number of halogens is 1. The summed E-state index contributed by atoms with van der Waals surface area (Å²) in [5.74, 6) is 0.560. The van der Waals surface area contributed by atoms with Crippen LogP contribution in [-0.4, -0.2) is 58.5 Å². The lowest BCUT2D eigenvalue weighted by Crippen LogP contribution is -2.50. The maximum atomic E-state index is 13.4. The second kappa shape index (κ2) is 9.99. The fourth-order valence-corrected chi connectivity index (χ4v) is 6.56. The van der Waals surface area contributed by atoms with Crippen LogP contribution in [0.4, 0.5) is 25.1 Å². The first-order valence-electron chi connectivity index (χ1n) is 12.0. The number of primary amides is 1. The lowest BCUT2D eigenvalue weighted by molar-refractivity contribution is 0.192. The van der Waals surface area contributed by atoms with Crippen LogP contribution in [-0.2, 0) is 6.42 Å². The Balaban J connectivity index is 1.49. The van der Waals surface area contributed by atoms with Gasteiger partial charge in [-0.05, 0) is 43.5 Å². The number of nitrogens with zero attached hydrogens (tertiary/aromatic N) is 7. The Morgan fingerprint density at radius 3 is 2.70 bits per heavy atom. The first kappa shape index (κ1) is 25.0. The topological polar surface area (TPSA) is 107 Å². The molecule has 5 rings (SSSR count). The van der Waals surface area contributed by atoms with Crippen molar-refractivity contribution >= 4 is 49.6 Å². The zero-order valence-corrected chi connectivity index (χ0v) is 22.4. The molecule has 12 heteroatoms. The summed E-state index contributed by atoms with van der Waals surface area (Å²) in [6.07, 6.45) is 4.72.